The summed E-state index contributed by atoms with van der Waals surface area (Å²) >= 11 is 0. The Morgan fingerprint density at radius 2 is 1.96 bits per heavy atom. The summed E-state index contributed by atoms with van der Waals surface area (Å²) < 4.78 is 5.04. The topological polar surface area (TPSA) is 62.6 Å². The van der Waals surface area contributed by atoms with Crippen molar-refractivity contribution < 1.29 is 14.0 Å². The van der Waals surface area contributed by atoms with Crippen molar-refractivity contribution in [1.82, 2.24) is 10.2 Å². The lowest BCUT2D eigenvalue weighted by Crippen LogP contribution is -2.48. The summed E-state index contributed by atoms with van der Waals surface area (Å²) in [6, 6.07) is 12.8. The molecule has 5 nitrogen and oxygen atoms in total. The van der Waals surface area contributed by atoms with Crippen molar-refractivity contribution >= 4 is 17.4 Å². The number of carbonyl (C=O) groups excluding carboxylic acids is 2. The van der Waals surface area contributed by atoms with Gasteiger partial charge in [0.2, 0.25) is 5.91 Å². The molecule has 0 aliphatic carbocycles. The van der Waals surface area contributed by atoms with Crippen LogP contribution in [-0.2, 0) is 4.79 Å². The first kappa shape index (κ1) is 16.1. The standard InChI is InChI=1S/C19H20N2O3/c1-14(20-18(22)17-8-5-13-24-17)19(23)21-11-9-16(10-12-21)15-6-3-2-4-7-15/h2-9,13-14H,10-12H2,1H3,(H,20,22)/t14-/m0/s1. The normalized spacial score (nSPS) is 15.5. The van der Waals surface area contributed by atoms with E-state index in [1.165, 1.54) is 17.4 Å². The van der Waals surface area contributed by atoms with Crippen LogP contribution >= 0.6 is 0 Å². The van der Waals surface area contributed by atoms with Crippen LogP contribution in [0.4, 0.5) is 0 Å². The van der Waals surface area contributed by atoms with Crippen LogP contribution in [0.2, 0.25) is 0 Å². The summed E-state index contributed by atoms with van der Waals surface area (Å²) in [5.74, 6) is -0.254. The van der Waals surface area contributed by atoms with Crippen LogP contribution < -0.4 is 5.32 Å². The fraction of sp³-hybridized carbons (Fsp3) is 0.263. The van der Waals surface area contributed by atoms with E-state index in [1.54, 1.807) is 24.0 Å². The Hall–Kier alpha value is -2.82. The van der Waals surface area contributed by atoms with Gasteiger partial charge in [-0.1, -0.05) is 36.4 Å². The van der Waals surface area contributed by atoms with Gasteiger partial charge in [0.15, 0.2) is 5.76 Å². The van der Waals surface area contributed by atoms with Crippen molar-refractivity contribution in [1.29, 1.82) is 0 Å². The Balaban J connectivity index is 1.58. The molecule has 0 saturated heterocycles. The summed E-state index contributed by atoms with van der Waals surface area (Å²) in [6.07, 6.45) is 4.33. The Morgan fingerprint density at radius 3 is 2.58 bits per heavy atom. The number of furan rings is 1. The van der Waals surface area contributed by atoms with Gasteiger partial charge >= 0.3 is 0 Å². The fourth-order valence-corrected chi connectivity index (χ4v) is 2.79. The molecule has 2 heterocycles. The second-order valence-corrected chi connectivity index (χ2v) is 5.80. The Labute approximate surface area is 141 Å². The third-order valence-corrected chi connectivity index (χ3v) is 4.13. The minimum Gasteiger partial charge on any atom is -0.459 e. The molecule has 0 spiro atoms. The van der Waals surface area contributed by atoms with Crippen molar-refractivity contribution in [2.24, 2.45) is 0 Å². The van der Waals surface area contributed by atoms with Gasteiger partial charge in [0, 0.05) is 13.1 Å². The smallest absolute Gasteiger partial charge is 0.287 e. The van der Waals surface area contributed by atoms with Crippen molar-refractivity contribution in [2.45, 2.75) is 19.4 Å². The number of hydrogen-bond acceptors (Lipinski definition) is 3. The Kier molecular flexibility index (Phi) is 4.79. The summed E-state index contributed by atoms with van der Waals surface area (Å²) in [7, 11) is 0. The van der Waals surface area contributed by atoms with Crippen molar-refractivity contribution in [3.05, 3.63) is 66.1 Å². The monoisotopic (exact) mass is 324 g/mol. The number of nitrogens with zero attached hydrogens (tertiary/aromatic N) is 1. The molecule has 124 valence electrons. The molecule has 2 aromatic rings. The molecule has 5 heteroatoms. The zero-order chi connectivity index (χ0) is 16.9. The lowest BCUT2D eigenvalue weighted by Gasteiger charge is -2.29. The minimum atomic E-state index is -0.589. The van der Waals surface area contributed by atoms with E-state index in [9.17, 15) is 9.59 Å². The van der Waals surface area contributed by atoms with Crippen LogP contribution in [0, 0.1) is 0 Å². The molecule has 1 aliphatic heterocycles. The number of amides is 2. The number of benzene rings is 1. The Bertz CT molecular complexity index is 735. The molecule has 0 unspecified atom stereocenters. The second-order valence-electron chi connectivity index (χ2n) is 5.80. The summed E-state index contributed by atoms with van der Waals surface area (Å²) in [5.41, 5.74) is 2.45. The third-order valence-electron chi connectivity index (χ3n) is 4.13. The summed E-state index contributed by atoms with van der Waals surface area (Å²) in [4.78, 5) is 26.2. The van der Waals surface area contributed by atoms with Gasteiger partial charge in [-0.05, 0) is 36.6 Å². The van der Waals surface area contributed by atoms with E-state index in [2.05, 4.69) is 23.5 Å². The molecule has 24 heavy (non-hydrogen) atoms. The highest BCUT2D eigenvalue weighted by Crippen LogP contribution is 2.22. The number of rotatable bonds is 4. The first-order valence-electron chi connectivity index (χ1n) is 8.03. The SMILES string of the molecule is C[C@H](NC(=O)c1ccco1)C(=O)N1CC=C(c2ccccc2)CC1. The molecule has 1 aliphatic rings. The predicted octanol–water partition coefficient (Wildman–Crippen LogP) is 2.71. The second kappa shape index (κ2) is 7.17. The van der Waals surface area contributed by atoms with Gasteiger partial charge in [-0.3, -0.25) is 9.59 Å². The van der Waals surface area contributed by atoms with Crippen molar-refractivity contribution in [3.8, 4) is 0 Å². The van der Waals surface area contributed by atoms with Gasteiger partial charge in [0.05, 0.1) is 6.26 Å². The predicted molar refractivity (Wildman–Crippen MR) is 91.3 cm³/mol. The maximum atomic E-state index is 12.5. The van der Waals surface area contributed by atoms with E-state index < -0.39 is 6.04 Å². The molecular weight excluding hydrogens is 304 g/mol. The highest BCUT2D eigenvalue weighted by Gasteiger charge is 2.24. The van der Waals surface area contributed by atoms with Crippen molar-refractivity contribution in [3.63, 3.8) is 0 Å². The van der Waals surface area contributed by atoms with Gasteiger partial charge in [0.25, 0.3) is 5.91 Å². The van der Waals surface area contributed by atoms with Crippen molar-refractivity contribution in [2.75, 3.05) is 13.1 Å². The van der Waals surface area contributed by atoms with Crippen LogP contribution in [0.25, 0.3) is 5.57 Å². The van der Waals surface area contributed by atoms with Gasteiger partial charge in [0.1, 0.15) is 6.04 Å². The molecule has 0 saturated carbocycles. The lowest BCUT2D eigenvalue weighted by molar-refractivity contribution is -0.132. The minimum absolute atomic E-state index is 0.0849. The first-order chi connectivity index (χ1) is 11.6. The van der Waals surface area contributed by atoms with Crippen LogP contribution in [0.15, 0.2) is 59.2 Å². The molecule has 0 radical (unpaired) electrons. The molecule has 0 bridgehead atoms. The van der Waals surface area contributed by atoms with E-state index in [0.29, 0.717) is 13.1 Å². The highest BCUT2D eigenvalue weighted by atomic mass is 16.3. The molecule has 0 fully saturated rings. The zero-order valence-corrected chi connectivity index (χ0v) is 13.6. The maximum Gasteiger partial charge on any atom is 0.287 e. The number of carbonyl (C=O) groups is 2. The van der Waals surface area contributed by atoms with E-state index in [0.717, 1.165) is 6.42 Å². The molecule has 2 amide bonds. The average Bonchev–Trinajstić information content (AvgIpc) is 3.17. The van der Waals surface area contributed by atoms with E-state index >= 15 is 0 Å². The van der Waals surface area contributed by atoms with Crippen LogP contribution in [0.5, 0.6) is 0 Å². The van der Waals surface area contributed by atoms with Gasteiger partial charge in [-0.15, -0.1) is 0 Å². The third kappa shape index (κ3) is 3.56. The van der Waals surface area contributed by atoms with E-state index in [-0.39, 0.29) is 17.6 Å². The van der Waals surface area contributed by atoms with Crippen LogP contribution in [0.1, 0.15) is 29.5 Å². The quantitative estimate of drug-likeness (QED) is 0.940. The van der Waals surface area contributed by atoms with Gasteiger partial charge < -0.3 is 14.6 Å². The molecule has 1 N–H and O–H groups in total. The Morgan fingerprint density at radius 1 is 1.17 bits per heavy atom. The van der Waals surface area contributed by atoms with Gasteiger partial charge in [-0.2, -0.15) is 0 Å². The highest BCUT2D eigenvalue weighted by molar-refractivity contribution is 5.95. The van der Waals surface area contributed by atoms with E-state index in [1.807, 2.05) is 18.2 Å². The average molecular weight is 324 g/mol. The fourth-order valence-electron chi connectivity index (χ4n) is 2.79. The van der Waals surface area contributed by atoms with Crippen LogP contribution in [0.3, 0.4) is 0 Å². The first-order valence-corrected chi connectivity index (χ1v) is 8.03. The molecule has 3 rings (SSSR count). The summed E-state index contributed by atoms with van der Waals surface area (Å²) in [6.45, 7) is 2.91. The lowest BCUT2D eigenvalue weighted by atomic mass is 9.99. The molecular formula is C19H20N2O3. The number of hydrogen-bond donors (Lipinski definition) is 1. The number of nitrogens with one attached hydrogen (secondary N) is 1. The molecule has 1 aromatic carbocycles. The summed E-state index contributed by atoms with van der Waals surface area (Å²) in [5, 5.41) is 2.68. The van der Waals surface area contributed by atoms with Gasteiger partial charge in [-0.25, -0.2) is 0 Å². The largest absolute Gasteiger partial charge is 0.459 e. The molecule has 1 atom stereocenters. The van der Waals surface area contributed by atoms with E-state index in [4.69, 9.17) is 4.42 Å². The maximum absolute atomic E-state index is 12.5. The van der Waals surface area contributed by atoms with Crippen LogP contribution in [-0.4, -0.2) is 35.8 Å². The zero-order valence-electron chi connectivity index (χ0n) is 13.6. The molecule has 1 aromatic heterocycles.